The highest BCUT2D eigenvalue weighted by molar-refractivity contribution is 7.60. The molecule has 0 N–H and O–H groups in total. The molecule has 1 aliphatic rings. The van der Waals surface area contributed by atoms with Gasteiger partial charge in [0.15, 0.2) is 5.50 Å². The first-order valence-electron chi connectivity index (χ1n) is 12.2. The van der Waals surface area contributed by atoms with Crippen LogP contribution in [0.25, 0.3) is 0 Å². The molecule has 0 amide bonds. The second kappa shape index (κ2) is 11.2. The van der Waals surface area contributed by atoms with Gasteiger partial charge in [-0.3, -0.25) is 4.57 Å². The number of benzene rings is 3. The third kappa shape index (κ3) is 4.92. The second-order valence-corrected chi connectivity index (χ2v) is 11.2. The Labute approximate surface area is 209 Å². The average molecular weight is 488 g/mol. The zero-order valence-corrected chi connectivity index (χ0v) is 21.4. The third-order valence-electron chi connectivity index (χ3n) is 6.16. The minimum Gasteiger partial charge on any atom is -0.483 e. The van der Waals surface area contributed by atoms with Crippen molar-refractivity contribution in [2.45, 2.75) is 25.8 Å². The van der Waals surface area contributed by atoms with Gasteiger partial charge in [-0.15, -0.1) is 0 Å². The zero-order valence-electron chi connectivity index (χ0n) is 20.5. The molecule has 3 aromatic rings. The molecule has 1 fully saturated rings. The Hall–Kier alpha value is -2.91. The molecule has 5 heteroatoms. The highest BCUT2D eigenvalue weighted by atomic mass is 31.2. The standard InChI is InChI=1S/C30H34NO3P/c1-4-22-33-29(24-25(2)3)35(32)31(21-14-23-34-35)30(26-15-8-5-9-16-26,27-17-10-6-11-18-27)28-19-12-7-13-20-28/h4-13,15-20,24-25H,1,14,21-23H2,2-3H3/b29-24+/t35-/m1/s1. The number of hydrogen-bond acceptors (Lipinski definition) is 3. The van der Waals surface area contributed by atoms with Crippen molar-refractivity contribution < 1.29 is 13.8 Å². The second-order valence-electron chi connectivity index (χ2n) is 8.99. The Morgan fingerprint density at radius 2 is 1.46 bits per heavy atom. The fourth-order valence-corrected chi connectivity index (χ4v) is 7.54. The maximum absolute atomic E-state index is 15.1. The van der Waals surface area contributed by atoms with Crippen molar-refractivity contribution in [3.8, 4) is 0 Å². The summed E-state index contributed by atoms with van der Waals surface area (Å²) >= 11 is 0. The lowest BCUT2D eigenvalue weighted by atomic mass is 9.77. The Morgan fingerprint density at radius 3 is 1.89 bits per heavy atom. The van der Waals surface area contributed by atoms with Gasteiger partial charge in [-0.1, -0.05) is 117 Å². The molecular formula is C30H34NO3P. The Morgan fingerprint density at radius 1 is 0.971 bits per heavy atom. The van der Waals surface area contributed by atoms with E-state index in [0.29, 0.717) is 18.7 Å². The monoisotopic (exact) mass is 487 g/mol. The average Bonchev–Trinajstić information content (AvgIpc) is 2.90. The molecule has 182 valence electrons. The fraction of sp³-hybridized carbons (Fsp3) is 0.267. The predicted molar refractivity (Wildman–Crippen MR) is 143 cm³/mol. The van der Waals surface area contributed by atoms with Gasteiger partial charge in [-0.2, -0.15) is 0 Å². The van der Waals surface area contributed by atoms with E-state index in [9.17, 15) is 0 Å². The first-order valence-corrected chi connectivity index (χ1v) is 13.8. The predicted octanol–water partition coefficient (Wildman–Crippen LogP) is 7.59. The van der Waals surface area contributed by atoms with Crippen LogP contribution in [-0.4, -0.2) is 24.4 Å². The maximum Gasteiger partial charge on any atom is 0.337 e. The van der Waals surface area contributed by atoms with Gasteiger partial charge in [0.2, 0.25) is 0 Å². The van der Waals surface area contributed by atoms with Gasteiger partial charge in [0.1, 0.15) is 12.1 Å². The van der Waals surface area contributed by atoms with Gasteiger partial charge in [-0.25, -0.2) is 4.67 Å². The minimum absolute atomic E-state index is 0.132. The van der Waals surface area contributed by atoms with Crippen molar-refractivity contribution in [2.75, 3.05) is 19.8 Å². The fourth-order valence-electron chi connectivity index (χ4n) is 4.79. The molecular weight excluding hydrogens is 453 g/mol. The lowest BCUT2D eigenvalue weighted by Crippen LogP contribution is -2.49. The SMILES string of the molecule is C=CCO/C(=C\C(C)C)[P@@]1(=O)OCCCN1C(c1ccccc1)(c1ccccc1)c1ccccc1. The molecule has 0 spiro atoms. The maximum atomic E-state index is 15.1. The number of rotatable bonds is 9. The summed E-state index contributed by atoms with van der Waals surface area (Å²) in [5.74, 6) is 0.132. The number of allylic oxidation sites excluding steroid dienone is 1. The Kier molecular flexibility index (Phi) is 8.07. The molecule has 4 nitrogen and oxygen atoms in total. The molecule has 4 rings (SSSR count). The van der Waals surface area contributed by atoms with E-state index in [-0.39, 0.29) is 12.5 Å². The summed E-state index contributed by atoms with van der Waals surface area (Å²) in [4.78, 5) is 0. The van der Waals surface area contributed by atoms with Crippen LogP contribution >= 0.6 is 7.52 Å². The van der Waals surface area contributed by atoms with E-state index in [1.807, 2.05) is 60.7 Å². The van der Waals surface area contributed by atoms with Crippen LogP contribution in [0.3, 0.4) is 0 Å². The zero-order chi connectivity index (χ0) is 24.7. The van der Waals surface area contributed by atoms with E-state index in [1.165, 1.54) is 0 Å². The molecule has 0 aromatic heterocycles. The van der Waals surface area contributed by atoms with Gasteiger partial charge in [0.25, 0.3) is 0 Å². The summed E-state index contributed by atoms with van der Waals surface area (Å²) in [6.45, 7) is 9.15. The summed E-state index contributed by atoms with van der Waals surface area (Å²) in [7, 11) is -3.61. The van der Waals surface area contributed by atoms with E-state index >= 15 is 4.57 Å². The number of ether oxygens (including phenoxy) is 1. The van der Waals surface area contributed by atoms with Crippen LogP contribution in [0.4, 0.5) is 0 Å². The van der Waals surface area contributed by atoms with Gasteiger partial charge < -0.3 is 9.26 Å². The molecule has 1 aliphatic heterocycles. The van der Waals surface area contributed by atoms with Crippen molar-refractivity contribution in [1.29, 1.82) is 0 Å². The van der Waals surface area contributed by atoms with Crippen LogP contribution < -0.4 is 0 Å². The summed E-state index contributed by atoms with van der Waals surface area (Å²) in [6, 6.07) is 30.9. The Balaban J connectivity index is 2.06. The third-order valence-corrected chi connectivity index (χ3v) is 8.67. The molecule has 0 unspecified atom stereocenters. The molecule has 0 aliphatic carbocycles. The molecule has 3 aromatic carbocycles. The summed E-state index contributed by atoms with van der Waals surface area (Å²) in [6.07, 6.45) is 4.36. The van der Waals surface area contributed by atoms with Crippen LogP contribution in [0.5, 0.6) is 0 Å². The van der Waals surface area contributed by atoms with Crippen molar-refractivity contribution in [1.82, 2.24) is 4.67 Å². The van der Waals surface area contributed by atoms with Crippen LogP contribution in [-0.2, 0) is 19.4 Å². The smallest absolute Gasteiger partial charge is 0.337 e. The molecule has 1 atom stereocenters. The lowest BCUT2D eigenvalue weighted by Gasteiger charge is -2.50. The van der Waals surface area contributed by atoms with Gasteiger partial charge in [0, 0.05) is 6.54 Å². The molecule has 0 radical (unpaired) electrons. The van der Waals surface area contributed by atoms with Gasteiger partial charge >= 0.3 is 7.52 Å². The summed E-state index contributed by atoms with van der Waals surface area (Å²) in [5, 5.41) is 0. The molecule has 0 saturated carbocycles. The largest absolute Gasteiger partial charge is 0.483 e. The van der Waals surface area contributed by atoms with Crippen molar-refractivity contribution >= 4 is 7.52 Å². The van der Waals surface area contributed by atoms with Crippen molar-refractivity contribution in [2.24, 2.45) is 5.92 Å². The van der Waals surface area contributed by atoms with Crippen molar-refractivity contribution in [3.63, 3.8) is 0 Å². The highest BCUT2D eigenvalue weighted by Crippen LogP contribution is 2.67. The molecule has 35 heavy (non-hydrogen) atoms. The number of hydrogen-bond donors (Lipinski definition) is 0. The van der Waals surface area contributed by atoms with Gasteiger partial charge in [0.05, 0.1) is 6.61 Å². The number of nitrogens with zero attached hydrogens (tertiary/aromatic N) is 1. The molecule has 1 saturated heterocycles. The van der Waals surface area contributed by atoms with Gasteiger partial charge in [-0.05, 0) is 35.1 Å². The quantitative estimate of drug-likeness (QED) is 0.135. The van der Waals surface area contributed by atoms with Crippen LogP contribution in [0.1, 0.15) is 37.0 Å². The van der Waals surface area contributed by atoms with E-state index in [2.05, 4.69) is 61.5 Å². The van der Waals surface area contributed by atoms with E-state index in [0.717, 1.165) is 23.1 Å². The van der Waals surface area contributed by atoms with Crippen LogP contribution in [0, 0.1) is 5.92 Å². The Bertz CT molecular complexity index is 1080. The lowest BCUT2D eigenvalue weighted by molar-refractivity contribution is 0.143. The molecule has 0 bridgehead atoms. The minimum atomic E-state index is -3.61. The topological polar surface area (TPSA) is 38.8 Å². The normalized spacial score (nSPS) is 19.5. The van der Waals surface area contributed by atoms with E-state index in [4.69, 9.17) is 9.26 Å². The summed E-state index contributed by atoms with van der Waals surface area (Å²) in [5.41, 5.74) is 2.61. The van der Waals surface area contributed by atoms with E-state index in [1.54, 1.807) is 6.08 Å². The first kappa shape index (κ1) is 25.2. The van der Waals surface area contributed by atoms with Crippen LogP contribution in [0.2, 0.25) is 0 Å². The van der Waals surface area contributed by atoms with Crippen LogP contribution in [0.15, 0.2) is 115 Å². The van der Waals surface area contributed by atoms with Crippen molar-refractivity contribution in [3.05, 3.63) is 132 Å². The first-order chi connectivity index (χ1) is 17.0. The molecule has 1 heterocycles. The summed E-state index contributed by atoms with van der Waals surface area (Å²) < 4.78 is 29.6. The van der Waals surface area contributed by atoms with E-state index < -0.39 is 13.1 Å². The highest BCUT2D eigenvalue weighted by Gasteiger charge is 2.54.